The topological polar surface area (TPSA) is 59.8 Å². The number of carbonyl (C=O) groups excluding carboxylic acids is 1. The van der Waals surface area contributed by atoms with Gasteiger partial charge in [-0.15, -0.1) is 0 Å². The summed E-state index contributed by atoms with van der Waals surface area (Å²) in [6, 6.07) is 4.96. The minimum atomic E-state index is -4.71. The summed E-state index contributed by atoms with van der Waals surface area (Å²) in [5.41, 5.74) is -1.20. The summed E-state index contributed by atoms with van der Waals surface area (Å²) in [5.74, 6) is -0.921. The number of alkyl halides is 3. The molecule has 120 valence electrons. The molecule has 0 aliphatic heterocycles. The summed E-state index contributed by atoms with van der Waals surface area (Å²) < 4.78 is 40.3. The maximum atomic E-state index is 12.9. The number of hydrogen-bond acceptors (Lipinski definition) is 4. The summed E-state index contributed by atoms with van der Waals surface area (Å²) in [6.07, 6.45) is -3.70. The highest BCUT2D eigenvalue weighted by atomic mass is 35.5. The van der Waals surface area contributed by atoms with Crippen LogP contribution in [0, 0.1) is 0 Å². The summed E-state index contributed by atoms with van der Waals surface area (Å²) in [6.45, 7) is 0. The zero-order valence-corrected chi connectivity index (χ0v) is 13.1. The van der Waals surface area contributed by atoms with E-state index in [0.717, 1.165) is 26.9 Å². The van der Waals surface area contributed by atoms with Gasteiger partial charge in [-0.05, 0) is 18.2 Å². The highest BCUT2D eigenvalue weighted by Crippen LogP contribution is 2.32. The van der Waals surface area contributed by atoms with Crippen LogP contribution in [0.2, 0.25) is 5.02 Å². The van der Waals surface area contributed by atoms with Crippen LogP contribution in [-0.2, 0) is 13.2 Å². The number of nitrogens with zero attached hydrogens (tertiary/aromatic N) is 3. The molecule has 0 bridgehead atoms. The molecule has 0 aliphatic carbocycles. The second-order valence-electron chi connectivity index (χ2n) is 4.65. The minimum absolute atomic E-state index is 0.184. The van der Waals surface area contributed by atoms with Crippen LogP contribution in [0.25, 0.3) is 10.2 Å². The first-order valence-corrected chi connectivity index (χ1v) is 7.42. The number of aromatic nitrogens is 3. The van der Waals surface area contributed by atoms with E-state index in [1.165, 1.54) is 7.05 Å². The van der Waals surface area contributed by atoms with Gasteiger partial charge in [0.2, 0.25) is 0 Å². The molecule has 0 saturated carbocycles. The Bertz CT molecular complexity index is 902. The number of anilines is 1. The normalized spacial score (nSPS) is 11.9. The highest BCUT2D eigenvalue weighted by molar-refractivity contribution is 7.22. The van der Waals surface area contributed by atoms with E-state index in [1.807, 2.05) is 0 Å². The van der Waals surface area contributed by atoms with Gasteiger partial charge in [-0.2, -0.15) is 18.3 Å². The average Bonchev–Trinajstić information content (AvgIpc) is 3.00. The molecule has 0 unspecified atom stereocenters. The molecule has 1 N–H and O–H groups in total. The Hall–Kier alpha value is -2.13. The van der Waals surface area contributed by atoms with Crippen molar-refractivity contribution in [2.24, 2.45) is 7.05 Å². The van der Waals surface area contributed by atoms with Gasteiger partial charge >= 0.3 is 6.18 Å². The molecule has 1 amide bonds. The van der Waals surface area contributed by atoms with Crippen molar-refractivity contribution in [3.8, 4) is 0 Å². The molecule has 0 spiro atoms. The van der Waals surface area contributed by atoms with Crippen LogP contribution in [0.5, 0.6) is 0 Å². The molecule has 3 rings (SSSR count). The third-order valence-corrected chi connectivity index (χ3v) is 4.08. The SMILES string of the molecule is Cn1cc(C(=O)Nc2nc3ccc(Cl)cc3s2)c(C(F)(F)F)n1. The number of halogens is 4. The maximum Gasteiger partial charge on any atom is 0.435 e. The van der Waals surface area contributed by atoms with Gasteiger partial charge in [0.25, 0.3) is 5.91 Å². The molecule has 0 aliphatic rings. The Morgan fingerprint density at radius 3 is 2.83 bits per heavy atom. The van der Waals surface area contributed by atoms with Gasteiger partial charge < -0.3 is 0 Å². The number of rotatable bonds is 2. The Balaban J connectivity index is 1.92. The Morgan fingerprint density at radius 2 is 2.13 bits per heavy atom. The van der Waals surface area contributed by atoms with E-state index < -0.39 is 23.3 Å². The lowest BCUT2D eigenvalue weighted by Crippen LogP contribution is -2.17. The fourth-order valence-corrected chi connectivity index (χ4v) is 3.12. The zero-order valence-electron chi connectivity index (χ0n) is 11.5. The van der Waals surface area contributed by atoms with E-state index in [-0.39, 0.29) is 5.13 Å². The third kappa shape index (κ3) is 3.15. The molecule has 5 nitrogen and oxygen atoms in total. The van der Waals surface area contributed by atoms with Crippen molar-refractivity contribution in [2.75, 3.05) is 5.32 Å². The standard InChI is InChI=1S/C13H8ClF3N4OS/c1-21-5-7(10(20-21)13(15,16)17)11(22)19-12-18-8-3-2-6(14)4-9(8)23-12/h2-5H,1H3,(H,18,19,22). The van der Waals surface area contributed by atoms with Gasteiger partial charge in [-0.1, -0.05) is 22.9 Å². The van der Waals surface area contributed by atoms with Crippen molar-refractivity contribution in [2.45, 2.75) is 6.18 Å². The van der Waals surface area contributed by atoms with Crippen molar-refractivity contribution < 1.29 is 18.0 Å². The molecule has 1 aromatic carbocycles. The van der Waals surface area contributed by atoms with Crippen molar-refractivity contribution in [3.05, 3.63) is 40.7 Å². The number of carbonyl (C=O) groups is 1. The maximum absolute atomic E-state index is 12.9. The molecule has 0 radical (unpaired) electrons. The highest BCUT2D eigenvalue weighted by Gasteiger charge is 2.39. The van der Waals surface area contributed by atoms with Crippen LogP contribution >= 0.6 is 22.9 Å². The fraction of sp³-hybridized carbons (Fsp3) is 0.154. The summed E-state index contributed by atoms with van der Waals surface area (Å²) >= 11 is 6.98. The largest absolute Gasteiger partial charge is 0.435 e. The molecular formula is C13H8ClF3N4OS. The van der Waals surface area contributed by atoms with E-state index in [1.54, 1.807) is 18.2 Å². The first kappa shape index (κ1) is 15.8. The van der Waals surface area contributed by atoms with Crippen LogP contribution in [0.3, 0.4) is 0 Å². The van der Waals surface area contributed by atoms with Crippen molar-refractivity contribution >= 4 is 44.2 Å². The van der Waals surface area contributed by atoms with Gasteiger partial charge in [-0.25, -0.2) is 4.98 Å². The van der Waals surface area contributed by atoms with Crippen molar-refractivity contribution in [1.82, 2.24) is 14.8 Å². The van der Waals surface area contributed by atoms with E-state index >= 15 is 0 Å². The zero-order chi connectivity index (χ0) is 16.8. The minimum Gasteiger partial charge on any atom is -0.298 e. The fourth-order valence-electron chi connectivity index (χ4n) is 1.98. The summed E-state index contributed by atoms with van der Waals surface area (Å²) in [5, 5.41) is 6.35. The number of benzene rings is 1. The van der Waals surface area contributed by atoms with Gasteiger partial charge in [-0.3, -0.25) is 14.8 Å². The first-order chi connectivity index (χ1) is 10.7. The third-order valence-electron chi connectivity index (χ3n) is 2.91. The summed E-state index contributed by atoms with van der Waals surface area (Å²) in [4.78, 5) is 16.3. The number of fused-ring (bicyclic) bond motifs is 1. The van der Waals surface area contributed by atoms with E-state index in [2.05, 4.69) is 15.4 Å². The number of aryl methyl sites for hydroxylation is 1. The molecule has 0 saturated heterocycles. The second kappa shape index (κ2) is 5.50. The Morgan fingerprint density at radius 1 is 1.39 bits per heavy atom. The van der Waals surface area contributed by atoms with Crippen LogP contribution in [0.15, 0.2) is 24.4 Å². The van der Waals surface area contributed by atoms with Gasteiger partial charge in [0, 0.05) is 18.3 Å². The second-order valence-corrected chi connectivity index (χ2v) is 6.12. The Kier molecular flexibility index (Phi) is 3.77. The average molecular weight is 361 g/mol. The van der Waals surface area contributed by atoms with Gasteiger partial charge in [0.05, 0.1) is 15.8 Å². The lowest BCUT2D eigenvalue weighted by Gasteiger charge is -2.05. The first-order valence-electron chi connectivity index (χ1n) is 6.22. The summed E-state index contributed by atoms with van der Waals surface area (Å²) in [7, 11) is 1.31. The van der Waals surface area contributed by atoms with Gasteiger partial charge in [0.1, 0.15) is 0 Å². The molecule has 2 aromatic heterocycles. The van der Waals surface area contributed by atoms with Crippen molar-refractivity contribution in [3.63, 3.8) is 0 Å². The predicted octanol–water partition coefficient (Wildman–Crippen LogP) is 3.95. The Labute approximate surface area is 136 Å². The van der Waals surface area contributed by atoms with Crippen LogP contribution in [0.4, 0.5) is 18.3 Å². The molecule has 0 atom stereocenters. The molecule has 23 heavy (non-hydrogen) atoms. The lowest BCUT2D eigenvalue weighted by molar-refractivity contribution is -0.141. The van der Waals surface area contributed by atoms with Gasteiger partial charge in [0.15, 0.2) is 10.8 Å². The van der Waals surface area contributed by atoms with E-state index in [0.29, 0.717) is 10.5 Å². The monoisotopic (exact) mass is 360 g/mol. The van der Waals surface area contributed by atoms with Crippen LogP contribution in [-0.4, -0.2) is 20.7 Å². The van der Waals surface area contributed by atoms with E-state index in [9.17, 15) is 18.0 Å². The lowest BCUT2D eigenvalue weighted by atomic mass is 10.2. The van der Waals surface area contributed by atoms with Crippen molar-refractivity contribution in [1.29, 1.82) is 0 Å². The number of hydrogen-bond donors (Lipinski definition) is 1. The predicted molar refractivity (Wildman–Crippen MR) is 80.8 cm³/mol. The molecule has 2 heterocycles. The molecule has 3 aromatic rings. The van der Waals surface area contributed by atoms with Crippen LogP contribution < -0.4 is 5.32 Å². The smallest absolute Gasteiger partial charge is 0.298 e. The molecule has 10 heteroatoms. The van der Waals surface area contributed by atoms with E-state index in [4.69, 9.17) is 11.6 Å². The number of nitrogens with one attached hydrogen (secondary N) is 1. The quantitative estimate of drug-likeness (QED) is 0.752. The van der Waals surface area contributed by atoms with Crippen LogP contribution in [0.1, 0.15) is 16.1 Å². The number of thiazole rings is 1. The molecular weight excluding hydrogens is 353 g/mol. The number of amides is 1. The molecule has 0 fully saturated rings.